The number of hydrogen-bond donors (Lipinski definition) is 2. The number of halogens is 1. The van der Waals surface area contributed by atoms with E-state index in [0.29, 0.717) is 5.56 Å². The smallest absolute Gasteiger partial charge is 0.107 e. The van der Waals surface area contributed by atoms with Gasteiger partial charge < -0.3 is 20.5 Å². The molecule has 5 heteroatoms. The number of alkyl halides is 1. The second kappa shape index (κ2) is 6.13. The molecule has 3 N–H and O–H groups in total. The molecular formula is C13H19FN2O2. The van der Waals surface area contributed by atoms with Crippen LogP contribution in [0.2, 0.25) is 0 Å². The van der Waals surface area contributed by atoms with E-state index < -0.39 is 18.8 Å². The highest BCUT2D eigenvalue weighted by Crippen LogP contribution is 2.21. The fraction of sp³-hybridized carbons (Fsp3) is 0.538. The third-order valence-electron chi connectivity index (χ3n) is 3.19. The maximum atomic E-state index is 12.4. The second-order valence-corrected chi connectivity index (χ2v) is 4.45. The van der Waals surface area contributed by atoms with Gasteiger partial charge in [0.15, 0.2) is 0 Å². The van der Waals surface area contributed by atoms with Crippen molar-refractivity contribution in [1.29, 1.82) is 0 Å². The summed E-state index contributed by atoms with van der Waals surface area (Å²) in [5.74, 6) is 0. The van der Waals surface area contributed by atoms with Crippen molar-refractivity contribution in [3.8, 4) is 0 Å². The zero-order valence-corrected chi connectivity index (χ0v) is 10.3. The molecule has 0 bridgehead atoms. The van der Waals surface area contributed by atoms with Gasteiger partial charge in [-0.15, -0.1) is 0 Å². The van der Waals surface area contributed by atoms with Crippen molar-refractivity contribution in [3.63, 3.8) is 0 Å². The predicted octanol–water partition coefficient (Wildman–Crippen LogP) is 0.853. The minimum atomic E-state index is -0.950. The molecule has 0 spiro atoms. The zero-order valence-electron chi connectivity index (χ0n) is 10.3. The Kier molecular flexibility index (Phi) is 4.52. The van der Waals surface area contributed by atoms with E-state index in [4.69, 9.17) is 10.5 Å². The molecule has 18 heavy (non-hydrogen) atoms. The number of nitrogens with two attached hydrogens (primary N) is 1. The summed E-state index contributed by atoms with van der Waals surface area (Å²) in [6.07, 6.45) is -0.950. The molecule has 0 saturated carbocycles. The van der Waals surface area contributed by atoms with Gasteiger partial charge in [0.1, 0.15) is 6.67 Å². The van der Waals surface area contributed by atoms with Crippen molar-refractivity contribution in [1.82, 2.24) is 0 Å². The van der Waals surface area contributed by atoms with E-state index >= 15 is 0 Å². The van der Waals surface area contributed by atoms with Gasteiger partial charge in [-0.2, -0.15) is 0 Å². The van der Waals surface area contributed by atoms with Crippen LogP contribution < -0.4 is 10.6 Å². The molecule has 2 atom stereocenters. The zero-order chi connectivity index (χ0) is 13.0. The summed E-state index contributed by atoms with van der Waals surface area (Å²) in [7, 11) is 0. The molecule has 0 amide bonds. The summed E-state index contributed by atoms with van der Waals surface area (Å²) in [6, 6.07) is 6.58. The highest BCUT2D eigenvalue weighted by Gasteiger charge is 2.17. The van der Waals surface area contributed by atoms with Crippen molar-refractivity contribution in [2.45, 2.75) is 12.1 Å². The lowest BCUT2D eigenvalue weighted by Gasteiger charge is -2.29. The number of benzene rings is 1. The summed E-state index contributed by atoms with van der Waals surface area (Å²) in [6.45, 7) is 2.47. The minimum Gasteiger partial charge on any atom is -0.387 e. The summed E-state index contributed by atoms with van der Waals surface area (Å²) < 4.78 is 17.7. The number of nitrogens with zero attached hydrogens (tertiary/aromatic N) is 1. The van der Waals surface area contributed by atoms with E-state index in [2.05, 4.69) is 4.90 Å². The number of anilines is 1. The Morgan fingerprint density at radius 2 is 1.89 bits per heavy atom. The van der Waals surface area contributed by atoms with E-state index in [1.165, 1.54) is 0 Å². The van der Waals surface area contributed by atoms with Crippen LogP contribution in [0.4, 0.5) is 10.1 Å². The van der Waals surface area contributed by atoms with Gasteiger partial charge in [-0.05, 0) is 17.7 Å². The Morgan fingerprint density at radius 1 is 1.28 bits per heavy atom. The maximum absolute atomic E-state index is 12.4. The molecule has 1 aromatic rings. The number of morpholine rings is 1. The van der Waals surface area contributed by atoms with Crippen molar-refractivity contribution in [2.24, 2.45) is 5.73 Å². The van der Waals surface area contributed by atoms with Crippen LogP contribution >= 0.6 is 0 Å². The standard InChI is InChI=1S/C13H19FN2O2/c14-9-12(15)13(17)10-1-3-11(4-2-10)16-5-7-18-8-6-16/h1-4,12-13,17H,5-9,15H2/t12-,13-/m1/s1. The first kappa shape index (κ1) is 13.3. The molecule has 0 unspecified atom stereocenters. The monoisotopic (exact) mass is 254 g/mol. The Morgan fingerprint density at radius 3 is 2.44 bits per heavy atom. The SMILES string of the molecule is N[C@H](CF)[C@H](O)c1ccc(N2CCOCC2)cc1. The number of aliphatic hydroxyl groups excluding tert-OH is 1. The molecule has 2 rings (SSSR count). The van der Waals surface area contributed by atoms with Crippen LogP contribution in [0, 0.1) is 0 Å². The molecule has 100 valence electrons. The highest BCUT2D eigenvalue weighted by atomic mass is 19.1. The van der Waals surface area contributed by atoms with Crippen LogP contribution in [0.1, 0.15) is 11.7 Å². The number of ether oxygens (including phenoxy) is 1. The van der Waals surface area contributed by atoms with Gasteiger partial charge >= 0.3 is 0 Å². The van der Waals surface area contributed by atoms with Gasteiger partial charge in [-0.1, -0.05) is 12.1 Å². The van der Waals surface area contributed by atoms with Gasteiger partial charge in [-0.3, -0.25) is 0 Å². The van der Waals surface area contributed by atoms with Crippen LogP contribution in [-0.4, -0.2) is 44.1 Å². The van der Waals surface area contributed by atoms with E-state index in [9.17, 15) is 9.50 Å². The largest absolute Gasteiger partial charge is 0.387 e. The fourth-order valence-corrected chi connectivity index (χ4v) is 2.04. The first-order valence-corrected chi connectivity index (χ1v) is 6.14. The van der Waals surface area contributed by atoms with E-state index in [-0.39, 0.29) is 0 Å². The third-order valence-corrected chi connectivity index (χ3v) is 3.19. The van der Waals surface area contributed by atoms with E-state index in [0.717, 1.165) is 32.0 Å². The predicted molar refractivity (Wildman–Crippen MR) is 68.4 cm³/mol. The Hall–Kier alpha value is -1.17. The van der Waals surface area contributed by atoms with Crippen molar-refractivity contribution >= 4 is 5.69 Å². The van der Waals surface area contributed by atoms with Crippen LogP contribution in [0.15, 0.2) is 24.3 Å². The Labute approximate surface area is 106 Å². The van der Waals surface area contributed by atoms with Crippen molar-refractivity contribution < 1.29 is 14.2 Å². The summed E-state index contributed by atoms with van der Waals surface area (Å²) in [5.41, 5.74) is 7.21. The third kappa shape index (κ3) is 2.98. The minimum absolute atomic E-state index is 0.650. The van der Waals surface area contributed by atoms with E-state index in [1.54, 1.807) is 12.1 Å². The molecule has 0 aromatic heterocycles. The lowest BCUT2D eigenvalue weighted by molar-refractivity contribution is 0.122. The summed E-state index contributed by atoms with van der Waals surface area (Å²) >= 11 is 0. The fourth-order valence-electron chi connectivity index (χ4n) is 2.04. The quantitative estimate of drug-likeness (QED) is 0.836. The molecular weight excluding hydrogens is 235 g/mol. The first-order chi connectivity index (χ1) is 8.72. The summed E-state index contributed by atoms with van der Waals surface area (Å²) in [5, 5.41) is 9.79. The second-order valence-electron chi connectivity index (χ2n) is 4.45. The normalized spacial score (nSPS) is 19.6. The molecule has 1 saturated heterocycles. The van der Waals surface area contributed by atoms with Gasteiger partial charge in [0.05, 0.1) is 25.4 Å². The molecule has 0 aliphatic carbocycles. The molecule has 4 nitrogen and oxygen atoms in total. The van der Waals surface area contributed by atoms with Gasteiger partial charge in [0.2, 0.25) is 0 Å². The molecule has 1 aliphatic heterocycles. The van der Waals surface area contributed by atoms with Crippen molar-refractivity contribution in [2.75, 3.05) is 37.9 Å². The number of rotatable bonds is 4. The lowest BCUT2D eigenvalue weighted by atomic mass is 10.0. The van der Waals surface area contributed by atoms with Gasteiger partial charge in [-0.25, -0.2) is 4.39 Å². The van der Waals surface area contributed by atoms with E-state index in [1.807, 2.05) is 12.1 Å². The van der Waals surface area contributed by atoms with Crippen LogP contribution in [0.5, 0.6) is 0 Å². The molecule has 1 aliphatic rings. The molecule has 0 radical (unpaired) electrons. The van der Waals surface area contributed by atoms with Crippen molar-refractivity contribution in [3.05, 3.63) is 29.8 Å². The molecule has 1 aromatic carbocycles. The molecule has 1 fully saturated rings. The Balaban J connectivity index is 2.04. The number of hydrogen-bond acceptors (Lipinski definition) is 4. The van der Waals surface area contributed by atoms with Crippen LogP contribution in [-0.2, 0) is 4.74 Å². The maximum Gasteiger partial charge on any atom is 0.107 e. The Bertz CT molecular complexity index is 345. The van der Waals surface area contributed by atoms with Gasteiger partial charge in [0.25, 0.3) is 0 Å². The van der Waals surface area contributed by atoms with Crippen LogP contribution in [0.25, 0.3) is 0 Å². The highest BCUT2D eigenvalue weighted by molar-refractivity contribution is 5.48. The number of aliphatic hydroxyl groups is 1. The molecule has 1 heterocycles. The van der Waals surface area contributed by atoms with Gasteiger partial charge in [0, 0.05) is 18.8 Å². The van der Waals surface area contributed by atoms with Crippen LogP contribution in [0.3, 0.4) is 0 Å². The average Bonchev–Trinajstić information content (AvgIpc) is 2.47. The average molecular weight is 254 g/mol. The lowest BCUT2D eigenvalue weighted by Crippen LogP contribution is -2.36. The topological polar surface area (TPSA) is 58.7 Å². The first-order valence-electron chi connectivity index (χ1n) is 6.14. The summed E-state index contributed by atoms with van der Waals surface area (Å²) in [4.78, 5) is 2.22.